The lowest BCUT2D eigenvalue weighted by atomic mass is 10.0. The summed E-state index contributed by atoms with van der Waals surface area (Å²) in [5.74, 6) is -4.00. The zero-order chi connectivity index (χ0) is 18.4. The third-order valence-corrected chi connectivity index (χ3v) is 3.28. The fraction of sp³-hybridized carbons (Fsp3) is 0.0556. The van der Waals surface area contributed by atoms with Crippen molar-refractivity contribution < 1.29 is 24.6 Å². The van der Waals surface area contributed by atoms with Gasteiger partial charge in [0.05, 0.1) is 0 Å². The van der Waals surface area contributed by atoms with E-state index < -0.39 is 23.5 Å². The molecule has 0 atom stereocenters. The highest BCUT2D eigenvalue weighted by molar-refractivity contribution is 6.26. The molecule has 0 spiro atoms. The molecule has 4 N–H and O–H groups in total. The van der Waals surface area contributed by atoms with Gasteiger partial charge >= 0.3 is 0 Å². The van der Waals surface area contributed by atoms with Crippen LogP contribution in [0.1, 0.15) is 0 Å². The van der Waals surface area contributed by atoms with Crippen molar-refractivity contribution in [3.63, 3.8) is 0 Å². The maximum Gasteiger partial charge on any atom is 0.244 e. The first kappa shape index (κ1) is 17.7. The SMILES string of the molecule is C=CC(=O)C(C(=O)Nc1ccc(O)cc1)C(=O)Nc1ccc(O)cc1. The van der Waals surface area contributed by atoms with Gasteiger partial charge in [0.15, 0.2) is 11.7 Å². The molecule has 7 heteroatoms. The van der Waals surface area contributed by atoms with E-state index in [1.807, 2.05) is 0 Å². The highest BCUT2D eigenvalue weighted by Crippen LogP contribution is 2.17. The second kappa shape index (κ2) is 7.78. The minimum Gasteiger partial charge on any atom is -0.508 e. The van der Waals surface area contributed by atoms with Gasteiger partial charge in [-0.2, -0.15) is 0 Å². The van der Waals surface area contributed by atoms with E-state index in [0.29, 0.717) is 11.4 Å². The van der Waals surface area contributed by atoms with Crippen molar-refractivity contribution in [1.29, 1.82) is 0 Å². The maximum atomic E-state index is 12.3. The minimum atomic E-state index is -1.62. The number of hydrogen-bond acceptors (Lipinski definition) is 5. The number of anilines is 2. The van der Waals surface area contributed by atoms with E-state index in [4.69, 9.17) is 0 Å². The molecule has 2 aromatic carbocycles. The van der Waals surface area contributed by atoms with Crippen LogP contribution in [0, 0.1) is 5.92 Å². The fourth-order valence-corrected chi connectivity index (χ4v) is 2.01. The van der Waals surface area contributed by atoms with Crippen LogP contribution in [0.3, 0.4) is 0 Å². The summed E-state index contributed by atoms with van der Waals surface area (Å²) in [6.45, 7) is 3.31. The van der Waals surface area contributed by atoms with Gasteiger partial charge < -0.3 is 20.8 Å². The molecule has 0 saturated heterocycles. The predicted octanol–water partition coefficient (Wildman–Crippen LogP) is 2.05. The molecule has 2 rings (SSSR count). The van der Waals surface area contributed by atoms with Crippen LogP contribution in [0.25, 0.3) is 0 Å². The van der Waals surface area contributed by atoms with Gasteiger partial charge in [-0.15, -0.1) is 0 Å². The largest absolute Gasteiger partial charge is 0.508 e. The van der Waals surface area contributed by atoms with Crippen molar-refractivity contribution in [1.82, 2.24) is 0 Å². The number of amides is 2. The first-order chi connectivity index (χ1) is 11.9. The highest BCUT2D eigenvalue weighted by Gasteiger charge is 2.32. The lowest BCUT2D eigenvalue weighted by molar-refractivity contribution is -0.135. The molecule has 25 heavy (non-hydrogen) atoms. The monoisotopic (exact) mass is 340 g/mol. The zero-order valence-corrected chi connectivity index (χ0v) is 13.1. The number of allylic oxidation sites excluding steroid dienone is 1. The van der Waals surface area contributed by atoms with Crippen LogP contribution in [0.15, 0.2) is 61.2 Å². The molecular weight excluding hydrogens is 324 g/mol. The Morgan fingerprint density at radius 1 is 0.800 bits per heavy atom. The van der Waals surface area contributed by atoms with Crippen molar-refractivity contribution in [3.8, 4) is 11.5 Å². The summed E-state index contributed by atoms with van der Waals surface area (Å²) in [6.07, 6.45) is 0.900. The molecule has 0 fully saturated rings. The molecule has 0 unspecified atom stereocenters. The van der Waals surface area contributed by atoms with Crippen molar-refractivity contribution >= 4 is 29.0 Å². The Bertz CT molecular complexity index is 738. The lowest BCUT2D eigenvalue weighted by Gasteiger charge is -2.14. The standard InChI is InChI=1S/C18H16N2O5/c1-2-15(23)16(17(24)19-11-3-7-13(21)8-4-11)18(25)20-12-5-9-14(22)10-6-12/h2-10,16,21-22H,1H2,(H,19,24)(H,20,25). The van der Waals surface area contributed by atoms with Crippen LogP contribution < -0.4 is 10.6 Å². The fourth-order valence-electron chi connectivity index (χ4n) is 2.01. The molecule has 0 bridgehead atoms. The Labute approximate surface area is 143 Å². The van der Waals surface area contributed by atoms with Crippen LogP contribution in [0.2, 0.25) is 0 Å². The van der Waals surface area contributed by atoms with Crippen LogP contribution in [-0.4, -0.2) is 27.8 Å². The van der Waals surface area contributed by atoms with E-state index in [2.05, 4.69) is 17.2 Å². The van der Waals surface area contributed by atoms with E-state index in [0.717, 1.165) is 6.08 Å². The van der Waals surface area contributed by atoms with Crippen molar-refractivity contribution in [3.05, 3.63) is 61.2 Å². The summed E-state index contributed by atoms with van der Waals surface area (Å²) >= 11 is 0. The normalized spacial score (nSPS) is 10.1. The third-order valence-electron chi connectivity index (χ3n) is 3.28. The third kappa shape index (κ3) is 4.68. The smallest absolute Gasteiger partial charge is 0.244 e. The van der Waals surface area contributed by atoms with Crippen LogP contribution in [0.4, 0.5) is 11.4 Å². The summed E-state index contributed by atoms with van der Waals surface area (Å²) in [7, 11) is 0. The number of aromatic hydroxyl groups is 2. The molecule has 0 aliphatic heterocycles. The molecule has 0 aliphatic rings. The Kier molecular flexibility index (Phi) is 5.52. The van der Waals surface area contributed by atoms with Crippen molar-refractivity contribution in [2.24, 2.45) is 5.92 Å². The number of carbonyl (C=O) groups is 3. The molecule has 0 heterocycles. The molecule has 0 saturated carbocycles. The number of benzene rings is 2. The van der Waals surface area contributed by atoms with Gasteiger partial charge in [0.25, 0.3) is 0 Å². The van der Waals surface area contributed by atoms with Gasteiger partial charge in [-0.05, 0) is 54.6 Å². The molecule has 0 aliphatic carbocycles. The average molecular weight is 340 g/mol. The number of carbonyl (C=O) groups excluding carboxylic acids is 3. The first-order valence-corrected chi connectivity index (χ1v) is 7.27. The Balaban J connectivity index is 2.16. The second-order valence-electron chi connectivity index (χ2n) is 5.11. The van der Waals surface area contributed by atoms with Crippen LogP contribution >= 0.6 is 0 Å². The number of nitrogens with one attached hydrogen (secondary N) is 2. The highest BCUT2D eigenvalue weighted by atomic mass is 16.3. The predicted molar refractivity (Wildman–Crippen MR) is 92.2 cm³/mol. The zero-order valence-electron chi connectivity index (χ0n) is 13.1. The number of phenols is 2. The van der Waals surface area contributed by atoms with E-state index in [9.17, 15) is 24.6 Å². The molecule has 7 nitrogen and oxygen atoms in total. The lowest BCUT2D eigenvalue weighted by Crippen LogP contribution is -2.38. The molecular formula is C18H16N2O5. The van der Waals surface area contributed by atoms with Crippen LogP contribution in [-0.2, 0) is 14.4 Å². The first-order valence-electron chi connectivity index (χ1n) is 7.27. The maximum absolute atomic E-state index is 12.3. The minimum absolute atomic E-state index is 0.0155. The molecule has 2 aromatic rings. The average Bonchev–Trinajstić information content (AvgIpc) is 2.59. The molecule has 0 aromatic heterocycles. The summed E-state index contributed by atoms with van der Waals surface area (Å²) < 4.78 is 0. The van der Waals surface area contributed by atoms with E-state index >= 15 is 0 Å². The van der Waals surface area contributed by atoms with Gasteiger partial charge in [-0.1, -0.05) is 6.58 Å². The van der Waals surface area contributed by atoms with Gasteiger partial charge in [0.2, 0.25) is 11.8 Å². The summed E-state index contributed by atoms with van der Waals surface area (Å²) in [5, 5.41) is 23.4. The number of rotatable bonds is 6. The second-order valence-corrected chi connectivity index (χ2v) is 5.11. The number of hydrogen-bond donors (Lipinski definition) is 4. The number of ketones is 1. The van der Waals surface area contributed by atoms with Crippen molar-refractivity contribution in [2.75, 3.05) is 10.6 Å². The Morgan fingerprint density at radius 3 is 1.48 bits per heavy atom. The summed E-state index contributed by atoms with van der Waals surface area (Å²) in [4.78, 5) is 36.6. The number of phenolic OH excluding ortho intramolecular Hbond substituents is 2. The van der Waals surface area contributed by atoms with E-state index in [1.165, 1.54) is 48.5 Å². The quantitative estimate of drug-likeness (QED) is 0.365. The molecule has 0 radical (unpaired) electrons. The van der Waals surface area contributed by atoms with Gasteiger partial charge in [-0.25, -0.2) is 0 Å². The summed E-state index contributed by atoms with van der Waals surface area (Å²) in [5.41, 5.74) is 0.643. The van der Waals surface area contributed by atoms with Crippen molar-refractivity contribution in [2.45, 2.75) is 0 Å². The van der Waals surface area contributed by atoms with E-state index in [1.54, 1.807) is 0 Å². The molecule has 128 valence electrons. The van der Waals surface area contributed by atoms with Gasteiger partial charge in [-0.3, -0.25) is 14.4 Å². The van der Waals surface area contributed by atoms with Gasteiger partial charge in [0.1, 0.15) is 11.5 Å². The Morgan fingerprint density at radius 2 is 1.16 bits per heavy atom. The van der Waals surface area contributed by atoms with Gasteiger partial charge in [0, 0.05) is 11.4 Å². The molecule has 2 amide bonds. The summed E-state index contributed by atoms with van der Waals surface area (Å²) in [6, 6.07) is 11.2. The van der Waals surface area contributed by atoms with E-state index in [-0.39, 0.29) is 11.5 Å². The topological polar surface area (TPSA) is 116 Å². The Hall–Kier alpha value is -3.61. The van der Waals surface area contributed by atoms with Crippen LogP contribution in [0.5, 0.6) is 11.5 Å².